The summed E-state index contributed by atoms with van der Waals surface area (Å²) >= 11 is 0. The number of carbonyl (C=O) groups is 1. The summed E-state index contributed by atoms with van der Waals surface area (Å²) in [6.45, 7) is 0.753. The zero-order valence-corrected chi connectivity index (χ0v) is 8.73. The molecule has 2 heterocycles. The molecule has 16 heavy (non-hydrogen) atoms. The van der Waals surface area contributed by atoms with E-state index in [9.17, 15) is 4.79 Å². The highest BCUT2D eigenvalue weighted by Gasteiger charge is 2.21. The van der Waals surface area contributed by atoms with Gasteiger partial charge in [0.1, 0.15) is 17.8 Å². The number of piperidine rings is 1. The molecule has 5 nitrogen and oxygen atoms in total. The van der Waals surface area contributed by atoms with Crippen molar-refractivity contribution in [3.8, 4) is 6.07 Å². The molecule has 0 aromatic carbocycles. The molecule has 1 unspecified atom stereocenters. The van der Waals surface area contributed by atoms with Crippen molar-refractivity contribution in [3.05, 3.63) is 24.0 Å². The minimum Gasteiger partial charge on any atom is -0.372 e. The van der Waals surface area contributed by atoms with Gasteiger partial charge < -0.3 is 10.6 Å². The van der Waals surface area contributed by atoms with Crippen LogP contribution in [0.25, 0.3) is 0 Å². The van der Waals surface area contributed by atoms with E-state index in [2.05, 4.69) is 15.6 Å². The van der Waals surface area contributed by atoms with Gasteiger partial charge in [0, 0.05) is 6.54 Å². The van der Waals surface area contributed by atoms with E-state index in [-0.39, 0.29) is 11.9 Å². The number of nitrogens with zero attached hydrogens (tertiary/aromatic N) is 2. The molecule has 1 atom stereocenters. The summed E-state index contributed by atoms with van der Waals surface area (Å²) in [7, 11) is 0. The van der Waals surface area contributed by atoms with Crippen LogP contribution in [0.15, 0.2) is 18.3 Å². The van der Waals surface area contributed by atoms with Crippen molar-refractivity contribution in [2.75, 3.05) is 11.9 Å². The molecule has 0 spiro atoms. The molecular formula is C11H12N4O. The largest absolute Gasteiger partial charge is 0.372 e. The molecule has 1 aromatic heterocycles. The SMILES string of the molecule is N#Cc1ccc(NC2CCCNC2=O)cn1. The van der Waals surface area contributed by atoms with Crippen LogP contribution in [-0.2, 0) is 4.79 Å². The monoisotopic (exact) mass is 216 g/mol. The fourth-order valence-corrected chi connectivity index (χ4v) is 1.66. The van der Waals surface area contributed by atoms with Crippen molar-refractivity contribution in [2.24, 2.45) is 0 Å². The van der Waals surface area contributed by atoms with Crippen LogP contribution in [0.5, 0.6) is 0 Å². The average Bonchev–Trinajstić information content (AvgIpc) is 2.33. The molecule has 0 radical (unpaired) electrons. The van der Waals surface area contributed by atoms with Gasteiger partial charge in [-0.2, -0.15) is 5.26 Å². The molecular weight excluding hydrogens is 204 g/mol. The third-order valence-corrected chi connectivity index (χ3v) is 2.50. The second kappa shape index (κ2) is 4.62. The summed E-state index contributed by atoms with van der Waals surface area (Å²) in [6.07, 6.45) is 3.37. The predicted octanol–water partition coefficient (Wildman–Crippen LogP) is 0.644. The van der Waals surface area contributed by atoms with Crippen LogP contribution in [0.1, 0.15) is 18.5 Å². The van der Waals surface area contributed by atoms with Gasteiger partial charge in [0.05, 0.1) is 11.9 Å². The Kier molecular flexibility index (Phi) is 3.01. The van der Waals surface area contributed by atoms with Crippen molar-refractivity contribution in [2.45, 2.75) is 18.9 Å². The number of hydrogen-bond acceptors (Lipinski definition) is 4. The first-order valence-corrected chi connectivity index (χ1v) is 5.20. The molecule has 1 aromatic rings. The molecule has 2 rings (SSSR count). The second-order valence-electron chi connectivity index (χ2n) is 3.67. The molecule has 0 aliphatic carbocycles. The molecule has 5 heteroatoms. The summed E-state index contributed by atoms with van der Waals surface area (Å²) in [6, 6.07) is 5.14. The number of rotatable bonds is 2. The summed E-state index contributed by atoms with van der Waals surface area (Å²) in [5, 5.41) is 14.5. The van der Waals surface area contributed by atoms with Crippen LogP contribution in [-0.4, -0.2) is 23.5 Å². The smallest absolute Gasteiger partial charge is 0.242 e. The number of nitrogens with one attached hydrogen (secondary N) is 2. The van der Waals surface area contributed by atoms with Crippen LogP contribution < -0.4 is 10.6 Å². The summed E-state index contributed by atoms with van der Waals surface area (Å²) in [4.78, 5) is 15.4. The zero-order chi connectivity index (χ0) is 11.4. The number of amides is 1. The lowest BCUT2D eigenvalue weighted by Crippen LogP contribution is -2.44. The van der Waals surface area contributed by atoms with E-state index in [0.29, 0.717) is 5.69 Å². The molecule has 1 fully saturated rings. The van der Waals surface area contributed by atoms with E-state index >= 15 is 0 Å². The fraction of sp³-hybridized carbons (Fsp3) is 0.364. The Morgan fingerprint density at radius 3 is 3.06 bits per heavy atom. The maximum absolute atomic E-state index is 11.5. The first-order chi connectivity index (χ1) is 7.79. The van der Waals surface area contributed by atoms with Gasteiger partial charge >= 0.3 is 0 Å². The third kappa shape index (κ3) is 2.28. The zero-order valence-electron chi connectivity index (χ0n) is 8.73. The van der Waals surface area contributed by atoms with E-state index in [4.69, 9.17) is 5.26 Å². The molecule has 1 aliphatic heterocycles. The van der Waals surface area contributed by atoms with Crippen molar-refractivity contribution in [3.63, 3.8) is 0 Å². The summed E-state index contributed by atoms with van der Waals surface area (Å²) < 4.78 is 0. The van der Waals surface area contributed by atoms with Gasteiger partial charge in [0.2, 0.25) is 5.91 Å². The molecule has 2 N–H and O–H groups in total. The minimum atomic E-state index is -0.191. The highest BCUT2D eigenvalue weighted by molar-refractivity contribution is 5.85. The van der Waals surface area contributed by atoms with Gasteiger partial charge in [-0.1, -0.05) is 0 Å². The maximum Gasteiger partial charge on any atom is 0.242 e. The van der Waals surface area contributed by atoms with Crippen LogP contribution in [0.3, 0.4) is 0 Å². The first-order valence-electron chi connectivity index (χ1n) is 5.20. The molecule has 1 saturated heterocycles. The Bertz CT molecular complexity index is 421. The Morgan fingerprint density at radius 2 is 2.44 bits per heavy atom. The lowest BCUT2D eigenvalue weighted by molar-refractivity contribution is -0.123. The number of anilines is 1. The van der Waals surface area contributed by atoms with Crippen molar-refractivity contribution >= 4 is 11.6 Å². The maximum atomic E-state index is 11.5. The van der Waals surface area contributed by atoms with Gasteiger partial charge in [0.15, 0.2) is 0 Å². The fourth-order valence-electron chi connectivity index (χ4n) is 1.66. The van der Waals surface area contributed by atoms with E-state index in [0.717, 1.165) is 25.1 Å². The Hall–Kier alpha value is -2.09. The van der Waals surface area contributed by atoms with Crippen LogP contribution in [0.2, 0.25) is 0 Å². The number of aromatic nitrogens is 1. The van der Waals surface area contributed by atoms with Crippen molar-refractivity contribution < 1.29 is 4.79 Å². The van der Waals surface area contributed by atoms with Crippen molar-refractivity contribution in [1.82, 2.24) is 10.3 Å². The lowest BCUT2D eigenvalue weighted by atomic mass is 10.1. The van der Waals surface area contributed by atoms with Gasteiger partial charge in [-0.25, -0.2) is 4.98 Å². The Labute approximate surface area is 93.5 Å². The van der Waals surface area contributed by atoms with Gasteiger partial charge in [0.25, 0.3) is 0 Å². The van der Waals surface area contributed by atoms with E-state index < -0.39 is 0 Å². The van der Waals surface area contributed by atoms with Gasteiger partial charge in [-0.15, -0.1) is 0 Å². The second-order valence-corrected chi connectivity index (χ2v) is 3.67. The predicted molar refractivity (Wildman–Crippen MR) is 58.6 cm³/mol. The number of carbonyl (C=O) groups excluding carboxylic acids is 1. The highest BCUT2D eigenvalue weighted by atomic mass is 16.2. The summed E-state index contributed by atoms with van der Waals surface area (Å²) in [5.41, 5.74) is 1.14. The van der Waals surface area contributed by atoms with E-state index in [1.165, 1.54) is 0 Å². The van der Waals surface area contributed by atoms with Gasteiger partial charge in [-0.3, -0.25) is 4.79 Å². The van der Waals surface area contributed by atoms with Crippen LogP contribution in [0, 0.1) is 11.3 Å². The third-order valence-electron chi connectivity index (χ3n) is 2.50. The number of hydrogen-bond donors (Lipinski definition) is 2. The standard InChI is InChI=1S/C11H12N4O/c12-6-8-3-4-9(7-14-8)15-10-2-1-5-13-11(10)16/h3-4,7,10,15H,1-2,5H2,(H,13,16). The Morgan fingerprint density at radius 1 is 1.56 bits per heavy atom. The highest BCUT2D eigenvalue weighted by Crippen LogP contribution is 2.12. The topological polar surface area (TPSA) is 77.8 Å². The molecule has 1 amide bonds. The normalized spacial score (nSPS) is 19.7. The summed E-state index contributed by atoms with van der Waals surface area (Å²) in [5.74, 6) is 0.0237. The molecule has 0 bridgehead atoms. The lowest BCUT2D eigenvalue weighted by Gasteiger charge is -2.23. The first kappa shape index (κ1) is 10.4. The quantitative estimate of drug-likeness (QED) is 0.760. The van der Waals surface area contributed by atoms with E-state index in [1.807, 2.05) is 6.07 Å². The molecule has 1 aliphatic rings. The minimum absolute atomic E-state index is 0.0237. The van der Waals surface area contributed by atoms with Crippen LogP contribution in [0.4, 0.5) is 5.69 Å². The molecule has 82 valence electrons. The van der Waals surface area contributed by atoms with Crippen LogP contribution >= 0.6 is 0 Å². The van der Waals surface area contributed by atoms with Crippen molar-refractivity contribution in [1.29, 1.82) is 5.26 Å². The number of pyridine rings is 1. The van der Waals surface area contributed by atoms with Gasteiger partial charge in [-0.05, 0) is 25.0 Å². The number of nitriles is 1. The average molecular weight is 216 g/mol. The molecule has 0 saturated carbocycles. The Balaban J connectivity index is 2.03. The van der Waals surface area contributed by atoms with E-state index in [1.54, 1.807) is 18.3 Å².